The number of sulfonamides is 1. The van der Waals surface area contributed by atoms with Gasteiger partial charge in [0, 0.05) is 19.8 Å². The first-order chi connectivity index (χ1) is 8.91. The second-order valence-corrected chi connectivity index (χ2v) is 6.59. The van der Waals surface area contributed by atoms with Gasteiger partial charge >= 0.3 is 0 Å². The summed E-state index contributed by atoms with van der Waals surface area (Å²) in [6.45, 7) is 0. The van der Waals surface area contributed by atoms with Crippen molar-refractivity contribution in [1.82, 2.24) is 4.31 Å². The minimum Gasteiger partial charge on any atom is -0.399 e. The smallest absolute Gasteiger partial charge is 0.242 e. The predicted molar refractivity (Wildman–Crippen MR) is 77.2 cm³/mol. The number of benzene rings is 2. The van der Waals surface area contributed by atoms with E-state index >= 15 is 0 Å². The molecule has 2 aromatic rings. The van der Waals surface area contributed by atoms with Gasteiger partial charge in [-0.25, -0.2) is 12.7 Å². The van der Waals surface area contributed by atoms with Crippen LogP contribution in [0.5, 0.6) is 0 Å². The highest BCUT2D eigenvalue weighted by Crippen LogP contribution is 2.23. The number of nitrogen functional groups attached to an aromatic ring is 1. The van der Waals surface area contributed by atoms with E-state index < -0.39 is 10.0 Å². The monoisotopic (exact) mass is 276 g/mol. The molecule has 19 heavy (non-hydrogen) atoms. The van der Waals surface area contributed by atoms with E-state index in [0.29, 0.717) is 5.69 Å². The molecule has 0 saturated heterocycles. The van der Waals surface area contributed by atoms with E-state index in [0.717, 1.165) is 11.1 Å². The minimum atomic E-state index is -3.38. The van der Waals surface area contributed by atoms with Crippen LogP contribution in [0.4, 0.5) is 5.69 Å². The van der Waals surface area contributed by atoms with Crippen LogP contribution >= 0.6 is 0 Å². The average Bonchev–Trinajstić information content (AvgIpc) is 2.38. The Morgan fingerprint density at radius 2 is 1.58 bits per heavy atom. The van der Waals surface area contributed by atoms with E-state index in [1.165, 1.54) is 18.4 Å². The first-order valence-electron chi connectivity index (χ1n) is 5.80. The first kappa shape index (κ1) is 13.6. The first-order valence-corrected chi connectivity index (χ1v) is 7.24. The maximum Gasteiger partial charge on any atom is 0.242 e. The van der Waals surface area contributed by atoms with Crippen LogP contribution in [0.1, 0.15) is 0 Å². The molecule has 2 rings (SSSR count). The van der Waals surface area contributed by atoms with Crippen molar-refractivity contribution >= 4 is 15.7 Å². The Morgan fingerprint density at radius 1 is 0.947 bits per heavy atom. The number of nitrogens with two attached hydrogens (primary N) is 1. The SMILES string of the molecule is CN(C)S(=O)(=O)c1ccc(-c2cccc(N)c2)cc1. The fourth-order valence-corrected chi connectivity index (χ4v) is 2.65. The Bertz CT molecular complexity index is 677. The molecule has 0 heterocycles. The maximum absolute atomic E-state index is 11.9. The fraction of sp³-hybridized carbons (Fsp3) is 0.143. The third-order valence-electron chi connectivity index (χ3n) is 2.85. The topological polar surface area (TPSA) is 63.4 Å². The summed E-state index contributed by atoms with van der Waals surface area (Å²) in [5.41, 5.74) is 8.32. The largest absolute Gasteiger partial charge is 0.399 e. The molecule has 0 radical (unpaired) electrons. The van der Waals surface area contributed by atoms with Gasteiger partial charge < -0.3 is 5.73 Å². The molecule has 0 spiro atoms. The van der Waals surface area contributed by atoms with Crippen LogP contribution in [0.15, 0.2) is 53.4 Å². The summed E-state index contributed by atoms with van der Waals surface area (Å²) in [7, 11) is -0.345. The molecule has 0 aromatic heterocycles. The van der Waals surface area contributed by atoms with Crippen LogP contribution in [0, 0.1) is 0 Å². The Kier molecular flexibility index (Phi) is 3.59. The van der Waals surface area contributed by atoms with Gasteiger partial charge in [0.1, 0.15) is 0 Å². The molecule has 0 aliphatic heterocycles. The number of rotatable bonds is 3. The van der Waals surface area contributed by atoms with Crippen molar-refractivity contribution in [2.75, 3.05) is 19.8 Å². The van der Waals surface area contributed by atoms with Crippen molar-refractivity contribution in [2.24, 2.45) is 0 Å². The molecule has 0 saturated carbocycles. The second kappa shape index (κ2) is 5.03. The highest BCUT2D eigenvalue weighted by molar-refractivity contribution is 7.89. The molecule has 2 aromatic carbocycles. The van der Waals surface area contributed by atoms with Gasteiger partial charge in [0.15, 0.2) is 0 Å². The van der Waals surface area contributed by atoms with E-state index in [1.54, 1.807) is 24.3 Å². The van der Waals surface area contributed by atoms with Crippen molar-refractivity contribution in [3.8, 4) is 11.1 Å². The van der Waals surface area contributed by atoms with Crippen LogP contribution in [0.25, 0.3) is 11.1 Å². The maximum atomic E-state index is 11.9. The number of nitrogens with zero attached hydrogens (tertiary/aromatic N) is 1. The summed E-state index contributed by atoms with van der Waals surface area (Å²) in [6, 6.07) is 14.3. The molecule has 100 valence electrons. The van der Waals surface area contributed by atoms with Gasteiger partial charge in [0.2, 0.25) is 10.0 Å². The molecule has 0 amide bonds. The number of hydrogen-bond acceptors (Lipinski definition) is 3. The average molecular weight is 276 g/mol. The van der Waals surface area contributed by atoms with E-state index in [-0.39, 0.29) is 4.90 Å². The minimum absolute atomic E-state index is 0.283. The van der Waals surface area contributed by atoms with Crippen LogP contribution in [-0.4, -0.2) is 26.8 Å². The van der Waals surface area contributed by atoms with Gasteiger partial charge in [0.05, 0.1) is 4.90 Å². The number of anilines is 1. The summed E-state index contributed by atoms with van der Waals surface area (Å²) < 4.78 is 25.1. The summed E-state index contributed by atoms with van der Waals surface area (Å²) in [4.78, 5) is 0.283. The molecule has 0 unspecified atom stereocenters. The van der Waals surface area contributed by atoms with Crippen molar-refractivity contribution in [3.63, 3.8) is 0 Å². The molecule has 0 bridgehead atoms. The van der Waals surface area contributed by atoms with Crippen molar-refractivity contribution in [2.45, 2.75) is 4.90 Å². The molecular formula is C14H16N2O2S. The highest BCUT2D eigenvalue weighted by atomic mass is 32.2. The van der Waals surface area contributed by atoms with Crippen molar-refractivity contribution < 1.29 is 8.42 Å². The van der Waals surface area contributed by atoms with E-state index in [4.69, 9.17) is 5.73 Å². The van der Waals surface area contributed by atoms with Gasteiger partial charge in [0.25, 0.3) is 0 Å². The van der Waals surface area contributed by atoms with E-state index in [9.17, 15) is 8.42 Å². The normalized spacial score (nSPS) is 11.7. The second-order valence-electron chi connectivity index (χ2n) is 4.44. The Morgan fingerprint density at radius 3 is 2.11 bits per heavy atom. The lowest BCUT2D eigenvalue weighted by atomic mass is 10.1. The van der Waals surface area contributed by atoms with Crippen LogP contribution in [0.3, 0.4) is 0 Å². The van der Waals surface area contributed by atoms with Gasteiger partial charge in [-0.2, -0.15) is 0 Å². The fourth-order valence-electron chi connectivity index (χ4n) is 1.75. The zero-order valence-corrected chi connectivity index (χ0v) is 11.7. The third kappa shape index (κ3) is 2.77. The predicted octanol–water partition coefficient (Wildman–Crippen LogP) is 2.19. The lowest BCUT2D eigenvalue weighted by molar-refractivity contribution is 0.521. The van der Waals surface area contributed by atoms with Gasteiger partial charge in [-0.05, 0) is 35.4 Å². The molecule has 0 fully saturated rings. The molecule has 4 nitrogen and oxygen atoms in total. The highest BCUT2D eigenvalue weighted by Gasteiger charge is 2.16. The Labute approximate surface area is 113 Å². The Balaban J connectivity index is 2.39. The molecule has 2 N–H and O–H groups in total. The standard InChI is InChI=1S/C14H16N2O2S/c1-16(2)19(17,18)14-8-6-11(7-9-14)12-4-3-5-13(15)10-12/h3-10H,15H2,1-2H3. The van der Waals surface area contributed by atoms with E-state index in [1.807, 2.05) is 24.3 Å². The van der Waals surface area contributed by atoms with Gasteiger partial charge in [-0.3, -0.25) is 0 Å². The lowest BCUT2D eigenvalue weighted by Gasteiger charge is -2.11. The van der Waals surface area contributed by atoms with Crippen molar-refractivity contribution in [3.05, 3.63) is 48.5 Å². The third-order valence-corrected chi connectivity index (χ3v) is 4.68. The van der Waals surface area contributed by atoms with Crippen molar-refractivity contribution in [1.29, 1.82) is 0 Å². The molecule has 0 aliphatic carbocycles. The van der Waals surface area contributed by atoms with E-state index in [2.05, 4.69) is 0 Å². The Hall–Kier alpha value is -1.85. The molecule has 0 aliphatic rings. The molecule has 0 atom stereocenters. The zero-order chi connectivity index (χ0) is 14.0. The van der Waals surface area contributed by atoms with Gasteiger partial charge in [-0.1, -0.05) is 24.3 Å². The summed E-state index contributed by atoms with van der Waals surface area (Å²) in [5.74, 6) is 0. The molecule has 5 heteroatoms. The van der Waals surface area contributed by atoms with Gasteiger partial charge in [-0.15, -0.1) is 0 Å². The van der Waals surface area contributed by atoms with Crippen LogP contribution in [0.2, 0.25) is 0 Å². The summed E-state index contributed by atoms with van der Waals surface area (Å²) in [6.07, 6.45) is 0. The lowest BCUT2D eigenvalue weighted by Crippen LogP contribution is -2.22. The number of hydrogen-bond donors (Lipinski definition) is 1. The summed E-state index contributed by atoms with van der Waals surface area (Å²) >= 11 is 0. The summed E-state index contributed by atoms with van der Waals surface area (Å²) in [5, 5.41) is 0. The van der Waals surface area contributed by atoms with Crippen LogP contribution < -0.4 is 5.73 Å². The quantitative estimate of drug-likeness (QED) is 0.874. The molecular weight excluding hydrogens is 260 g/mol. The van der Waals surface area contributed by atoms with Crippen LogP contribution in [-0.2, 0) is 10.0 Å². The zero-order valence-electron chi connectivity index (χ0n) is 10.9.